The number of esters is 1. The molecule has 3 aromatic carbocycles. The lowest BCUT2D eigenvalue weighted by Crippen LogP contribution is -2.15. The Morgan fingerprint density at radius 2 is 1.59 bits per heavy atom. The van der Waals surface area contributed by atoms with Crippen LogP contribution in [0.3, 0.4) is 0 Å². The van der Waals surface area contributed by atoms with Gasteiger partial charge in [-0.1, -0.05) is 72.3 Å². The lowest BCUT2D eigenvalue weighted by atomic mass is 10.1. The quantitative estimate of drug-likeness (QED) is 0.456. The largest absolute Gasteiger partial charge is 0.488 e. The van der Waals surface area contributed by atoms with Crippen LogP contribution in [0.2, 0.25) is 0 Å². The SMILES string of the molecule is Cc1cccc(COc2ccccc2C(=O)OCC(=O)c2ccccc2)c1. The van der Waals surface area contributed by atoms with Gasteiger partial charge in [0.25, 0.3) is 0 Å². The molecule has 0 saturated carbocycles. The Morgan fingerprint density at radius 3 is 2.37 bits per heavy atom. The fraction of sp³-hybridized carbons (Fsp3) is 0.130. The molecule has 0 aliphatic rings. The van der Waals surface area contributed by atoms with E-state index >= 15 is 0 Å². The Labute approximate surface area is 158 Å². The number of carbonyl (C=O) groups excluding carboxylic acids is 2. The molecule has 0 spiro atoms. The number of hydrogen-bond acceptors (Lipinski definition) is 4. The Balaban J connectivity index is 1.64. The van der Waals surface area contributed by atoms with Gasteiger partial charge in [0.1, 0.15) is 17.9 Å². The van der Waals surface area contributed by atoms with Gasteiger partial charge >= 0.3 is 5.97 Å². The highest BCUT2D eigenvalue weighted by atomic mass is 16.5. The normalized spacial score (nSPS) is 10.3. The van der Waals surface area contributed by atoms with Gasteiger partial charge in [0.15, 0.2) is 12.4 Å². The molecule has 0 aliphatic heterocycles. The summed E-state index contributed by atoms with van der Waals surface area (Å²) in [6, 6.07) is 23.6. The van der Waals surface area contributed by atoms with Crippen LogP contribution in [-0.4, -0.2) is 18.4 Å². The van der Waals surface area contributed by atoms with Crippen molar-refractivity contribution in [3.63, 3.8) is 0 Å². The topological polar surface area (TPSA) is 52.6 Å². The molecule has 0 unspecified atom stereocenters. The molecule has 27 heavy (non-hydrogen) atoms. The van der Waals surface area contributed by atoms with Crippen molar-refractivity contribution in [1.82, 2.24) is 0 Å². The zero-order valence-corrected chi connectivity index (χ0v) is 15.1. The van der Waals surface area contributed by atoms with Gasteiger partial charge in [-0.25, -0.2) is 4.79 Å². The van der Waals surface area contributed by atoms with Crippen LogP contribution >= 0.6 is 0 Å². The summed E-state index contributed by atoms with van der Waals surface area (Å²) in [5.74, 6) is -0.405. The van der Waals surface area contributed by atoms with Crippen molar-refractivity contribution in [1.29, 1.82) is 0 Å². The van der Waals surface area contributed by atoms with E-state index in [0.717, 1.165) is 11.1 Å². The monoisotopic (exact) mass is 360 g/mol. The van der Waals surface area contributed by atoms with Gasteiger partial charge in [-0.05, 0) is 24.6 Å². The van der Waals surface area contributed by atoms with E-state index in [1.165, 1.54) is 0 Å². The first kappa shape index (κ1) is 18.4. The molecule has 0 atom stereocenters. The second kappa shape index (κ2) is 8.81. The van der Waals surface area contributed by atoms with Crippen LogP contribution in [-0.2, 0) is 11.3 Å². The third-order valence-electron chi connectivity index (χ3n) is 4.01. The summed E-state index contributed by atoms with van der Waals surface area (Å²) in [7, 11) is 0. The number of hydrogen-bond donors (Lipinski definition) is 0. The first-order valence-corrected chi connectivity index (χ1v) is 8.66. The fourth-order valence-electron chi connectivity index (χ4n) is 2.64. The molecule has 0 bridgehead atoms. The molecule has 0 radical (unpaired) electrons. The molecule has 4 nitrogen and oxygen atoms in total. The van der Waals surface area contributed by atoms with E-state index in [1.807, 2.05) is 37.3 Å². The van der Waals surface area contributed by atoms with Crippen LogP contribution < -0.4 is 4.74 Å². The second-order valence-corrected chi connectivity index (χ2v) is 6.14. The van der Waals surface area contributed by atoms with Crippen molar-refractivity contribution in [3.05, 3.63) is 101 Å². The van der Waals surface area contributed by atoms with Gasteiger partial charge in [-0.3, -0.25) is 4.79 Å². The molecule has 0 aliphatic carbocycles. The Kier molecular flexibility index (Phi) is 6.00. The van der Waals surface area contributed by atoms with E-state index in [-0.39, 0.29) is 12.4 Å². The average Bonchev–Trinajstić information content (AvgIpc) is 2.71. The van der Waals surface area contributed by atoms with E-state index in [2.05, 4.69) is 0 Å². The van der Waals surface area contributed by atoms with Crippen molar-refractivity contribution in [3.8, 4) is 5.75 Å². The molecular weight excluding hydrogens is 340 g/mol. The van der Waals surface area contributed by atoms with Crippen LogP contribution in [0.1, 0.15) is 31.8 Å². The molecule has 136 valence electrons. The highest BCUT2D eigenvalue weighted by Gasteiger charge is 2.16. The smallest absolute Gasteiger partial charge is 0.342 e. The summed E-state index contributed by atoms with van der Waals surface area (Å²) in [4.78, 5) is 24.5. The highest BCUT2D eigenvalue weighted by Crippen LogP contribution is 2.21. The maximum absolute atomic E-state index is 12.4. The van der Waals surface area contributed by atoms with Crippen molar-refractivity contribution >= 4 is 11.8 Å². The summed E-state index contributed by atoms with van der Waals surface area (Å²) in [6.45, 7) is 2.04. The zero-order chi connectivity index (χ0) is 19.1. The average molecular weight is 360 g/mol. The van der Waals surface area contributed by atoms with Gasteiger partial charge in [-0.15, -0.1) is 0 Å². The standard InChI is InChI=1S/C23H20O4/c1-17-8-7-9-18(14-17)15-26-22-13-6-5-12-20(22)23(25)27-16-21(24)19-10-3-2-4-11-19/h2-14H,15-16H2,1H3. The molecule has 3 rings (SSSR count). The van der Waals surface area contributed by atoms with E-state index in [1.54, 1.807) is 48.5 Å². The molecule has 4 heteroatoms. The minimum atomic E-state index is -0.584. The highest BCUT2D eigenvalue weighted by molar-refractivity contribution is 5.99. The van der Waals surface area contributed by atoms with Gasteiger partial charge in [0.2, 0.25) is 0 Å². The number of ketones is 1. The van der Waals surface area contributed by atoms with Crippen molar-refractivity contribution in [2.24, 2.45) is 0 Å². The predicted octanol–water partition coefficient (Wildman–Crippen LogP) is 4.61. The molecule has 0 heterocycles. The van der Waals surface area contributed by atoms with E-state index in [4.69, 9.17) is 9.47 Å². The molecule has 0 aromatic heterocycles. The number of ether oxygens (including phenoxy) is 2. The summed E-state index contributed by atoms with van der Waals surface area (Å²) in [5.41, 5.74) is 2.96. The number of para-hydroxylation sites is 1. The second-order valence-electron chi connectivity index (χ2n) is 6.14. The lowest BCUT2D eigenvalue weighted by Gasteiger charge is -2.11. The molecule has 0 amide bonds. The maximum Gasteiger partial charge on any atom is 0.342 e. The van der Waals surface area contributed by atoms with Crippen LogP contribution in [0.5, 0.6) is 5.75 Å². The van der Waals surface area contributed by atoms with E-state index < -0.39 is 5.97 Å². The first-order valence-electron chi connectivity index (χ1n) is 8.66. The fourth-order valence-corrected chi connectivity index (χ4v) is 2.64. The predicted molar refractivity (Wildman–Crippen MR) is 103 cm³/mol. The van der Waals surface area contributed by atoms with Gasteiger partial charge in [-0.2, -0.15) is 0 Å². The molecular formula is C23H20O4. The third kappa shape index (κ3) is 5.05. The van der Waals surface area contributed by atoms with Crippen molar-refractivity contribution in [2.75, 3.05) is 6.61 Å². The first-order chi connectivity index (χ1) is 13.1. The minimum absolute atomic E-state index is 0.248. The molecule has 0 N–H and O–H groups in total. The molecule has 0 fully saturated rings. The van der Waals surface area contributed by atoms with Crippen LogP contribution in [0.4, 0.5) is 0 Å². The maximum atomic E-state index is 12.4. The van der Waals surface area contributed by atoms with Crippen molar-refractivity contribution < 1.29 is 19.1 Å². The van der Waals surface area contributed by atoms with Crippen LogP contribution in [0.25, 0.3) is 0 Å². The Bertz CT molecular complexity index is 932. The number of Topliss-reactive ketones (excluding diaryl/α,β-unsaturated/α-hetero) is 1. The third-order valence-corrected chi connectivity index (χ3v) is 4.01. The number of aryl methyl sites for hydroxylation is 1. The number of rotatable bonds is 7. The van der Waals surface area contributed by atoms with Crippen LogP contribution in [0, 0.1) is 6.92 Å². The zero-order valence-electron chi connectivity index (χ0n) is 15.1. The van der Waals surface area contributed by atoms with Gasteiger partial charge in [0, 0.05) is 5.56 Å². The van der Waals surface area contributed by atoms with Gasteiger partial charge < -0.3 is 9.47 Å². The van der Waals surface area contributed by atoms with E-state index in [0.29, 0.717) is 23.5 Å². The summed E-state index contributed by atoms with van der Waals surface area (Å²) >= 11 is 0. The summed E-state index contributed by atoms with van der Waals surface area (Å²) in [6.07, 6.45) is 0. The summed E-state index contributed by atoms with van der Waals surface area (Å²) < 4.78 is 11.0. The lowest BCUT2D eigenvalue weighted by molar-refractivity contribution is 0.0470. The van der Waals surface area contributed by atoms with Gasteiger partial charge in [0.05, 0.1) is 0 Å². The van der Waals surface area contributed by atoms with E-state index in [9.17, 15) is 9.59 Å². The Morgan fingerprint density at radius 1 is 0.852 bits per heavy atom. The molecule has 0 saturated heterocycles. The summed E-state index contributed by atoms with van der Waals surface area (Å²) in [5, 5.41) is 0. The number of benzene rings is 3. The number of carbonyl (C=O) groups is 2. The van der Waals surface area contributed by atoms with Crippen molar-refractivity contribution in [2.45, 2.75) is 13.5 Å². The molecule has 3 aromatic rings. The minimum Gasteiger partial charge on any atom is -0.488 e. The van der Waals surface area contributed by atoms with Crippen LogP contribution in [0.15, 0.2) is 78.9 Å². The Hall–Kier alpha value is -3.40.